The Balaban J connectivity index is 1.39. The van der Waals surface area contributed by atoms with E-state index >= 15 is 0 Å². The average molecular weight is 596 g/mol. The van der Waals surface area contributed by atoms with Crippen LogP contribution in [0.1, 0.15) is 0 Å². The molecule has 3 aromatic rings. The molecule has 9 atom stereocenters. The van der Waals surface area contributed by atoms with E-state index in [9.17, 15) is 55.9 Å². The second-order valence-corrected chi connectivity index (χ2v) is 9.84. The summed E-state index contributed by atoms with van der Waals surface area (Å²) in [7, 11) is 0. The maximum absolute atomic E-state index is 12.8. The lowest BCUT2D eigenvalue weighted by molar-refractivity contribution is -0.307. The van der Waals surface area contributed by atoms with Crippen LogP contribution in [0.2, 0.25) is 0 Å². The number of benzene rings is 2. The smallest absolute Gasteiger partial charge is 0.238 e. The molecule has 0 saturated carbocycles. The van der Waals surface area contributed by atoms with Crippen LogP contribution in [-0.4, -0.2) is 120 Å². The number of phenolic OH excluding ortho intramolecular Hbond substituents is 3. The molecular weight excluding hydrogens is 568 g/mol. The third kappa shape index (κ3) is 5.42. The molecule has 42 heavy (non-hydrogen) atoms. The van der Waals surface area contributed by atoms with E-state index in [-0.39, 0.29) is 23.5 Å². The van der Waals surface area contributed by atoms with Gasteiger partial charge in [0.2, 0.25) is 17.5 Å². The average Bonchev–Trinajstić information content (AvgIpc) is 2.95. The van der Waals surface area contributed by atoms with Crippen molar-refractivity contribution in [3.05, 3.63) is 40.6 Å². The van der Waals surface area contributed by atoms with Gasteiger partial charge in [-0.3, -0.25) is 4.79 Å². The largest absolute Gasteiger partial charge is 0.507 e. The summed E-state index contributed by atoms with van der Waals surface area (Å²) in [5.41, 5.74) is -1.32. The number of aromatic hydroxyl groups is 4. The zero-order chi connectivity index (χ0) is 30.5. The Morgan fingerprint density at radius 3 is 2.21 bits per heavy atom. The minimum Gasteiger partial charge on any atom is -0.507 e. The van der Waals surface area contributed by atoms with Gasteiger partial charge < -0.3 is 74.4 Å². The van der Waals surface area contributed by atoms with E-state index in [0.717, 1.165) is 24.3 Å². The van der Waals surface area contributed by atoms with Gasteiger partial charge in [-0.2, -0.15) is 0 Å². The molecule has 0 aliphatic carbocycles. The summed E-state index contributed by atoms with van der Waals surface area (Å²) in [6.45, 7) is -0.881. The molecule has 1 aromatic heterocycles. The maximum Gasteiger partial charge on any atom is 0.238 e. The Morgan fingerprint density at radius 1 is 0.786 bits per heavy atom. The third-order valence-corrected chi connectivity index (χ3v) is 6.96. The topological polar surface area (TPSA) is 269 Å². The van der Waals surface area contributed by atoms with Crippen molar-refractivity contribution in [2.75, 3.05) is 13.2 Å². The Labute approximate surface area is 235 Å². The van der Waals surface area contributed by atoms with Crippen molar-refractivity contribution in [1.29, 1.82) is 0 Å². The zero-order valence-electron chi connectivity index (χ0n) is 21.4. The van der Waals surface area contributed by atoms with Crippen molar-refractivity contribution < 1.29 is 74.4 Å². The van der Waals surface area contributed by atoms with Crippen molar-refractivity contribution in [2.24, 2.45) is 0 Å². The molecule has 2 aliphatic rings. The quantitative estimate of drug-likeness (QED) is 0.137. The third-order valence-electron chi connectivity index (χ3n) is 6.96. The van der Waals surface area contributed by atoms with Crippen LogP contribution in [0.3, 0.4) is 0 Å². The molecule has 0 bridgehead atoms. The molecular formula is C26H28O16. The van der Waals surface area contributed by atoms with Crippen molar-refractivity contribution in [2.45, 2.75) is 55.3 Å². The number of hydrogen-bond acceptors (Lipinski definition) is 16. The highest BCUT2D eigenvalue weighted by Crippen LogP contribution is 2.38. The molecule has 0 amide bonds. The maximum atomic E-state index is 12.8. The van der Waals surface area contributed by atoms with Crippen molar-refractivity contribution >= 4 is 11.0 Å². The van der Waals surface area contributed by atoms with E-state index < -0.39 is 101 Å². The highest BCUT2D eigenvalue weighted by Gasteiger charge is 2.46. The van der Waals surface area contributed by atoms with Gasteiger partial charge in [-0.05, 0) is 18.2 Å². The standard InChI is InChI=1S/C26H28O16/c27-10-2-1-8(3-11(10)28)24-21(35)19(33)16-12(29)4-9(5-14(16)41-24)40-26-23(37)20(34)18(32)15(42-26)7-39-25-22(36)17(31)13(30)6-38-25/h1-5,13,15,17-18,20,22-23,25-32,34-37H,6-7H2/t13-,15-,17-,18-,20-,22+,23-,25-,26-/m0/s1. The van der Waals surface area contributed by atoms with Gasteiger partial charge in [-0.15, -0.1) is 0 Å². The van der Waals surface area contributed by atoms with Crippen molar-refractivity contribution in [1.82, 2.24) is 0 Å². The van der Waals surface area contributed by atoms with Gasteiger partial charge in [0.15, 0.2) is 23.5 Å². The van der Waals surface area contributed by atoms with Gasteiger partial charge in [0.25, 0.3) is 0 Å². The first-order valence-electron chi connectivity index (χ1n) is 12.6. The normalized spacial score (nSPS) is 31.7. The second kappa shape index (κ2) is 11.5. The minimum atomic E-state index is -1.83. The van der Waals surface area contributed by atoms with Crippen LogP contribution in [-0.2, 0) is 14.2 Å². The van der Waals surface area contributed by atoms with E-state index in [1.165, 1.54) is 6.07 Å². The van der Waals surface area contributed by atoms with Crippen LogP contribution >= 0.6 is 0 Å². The molecule has 3 heterocycles. The van der Waals surface area contributed by atoms with Crippen molar-refractivity contribution in [3.63, 3.8) is 0 Å². The molecule has 0 spiro atoms. The molecule has 0 radical (unpaired) electrons. The fourth-order valence-electron chi connectivity index (χ4n) is 4.59. The number of aliphatic hydroxyl groups is 6. The van der Waals surface area contributed by atoms with Gasteiger partial charge in [0.1, 0.15) is 65.2 Å². The van der Waals surface area contributed by atoms with Gasteiger partial charge in [-0.25, -0.2) is 0 Å². The van der Waals surface area contributed by atoms with Crippen LogP contribution in [0.4, 0.5) is 0 Å². The predicted octanol–water partition coefficient (Wildman–Crippen LogP) is -2.08. The number of aliphatic hydroxyl groups excluding tert-OH is 6. The summed E-state index contributed by atoms with van der Waals surface area (Å²) in [6, 6.07) is 5.43. The van der Waals surface area contributed by atoms with E-state index in [0.29, 0.717) is 0 Å². The van der Waals surface area contributed by atoms with E-state index in [1.807, 2.05) is 0 Å². The van der Waals surface area contributed by atoms with Crippen LogP contribution < -0.4 is 10.2 Å². The highest BCUT2D eigenvalue weighted by molar-refractivity contribution is 5.88. The molecule has 16 nitrogen and oxygen atoms in total. The number of hydrogen-bond donors (Lipinski definition) is 10. The molecule has 2 aromatic carbocycles. The molecule has 2 saturated heterocycles. The van der Waals surface area contributed by atoms with Gasteiger partial charge in [0, 0.05) is 17.7 Å². The number of rotatable bonds is 6. The van der Waals surface area contributed by atoms with Gasteiger partial charge in [0.05, 0.1) is 13.2 Å². The van der Waals surface area contributed by atoms with Crippen molar-refractivity contribution in [3.8, 4) is 40.1 Å². The Hall–Kier alpha value is -3.71. The molecule has 5 rings (SSSR count). The molecule has 10 N–H and O–H groups in total. The molecule has 2 aliphatic heterocycles. The first-order valence-corrected chi connectivity index (χ1v) is 12.6. The summed E-state index contributed by atoms with van der Waals surface area (Å²) < 4.78 is 27.2. The van der Waals surface area contributed by atoms with E-state index in [2.05, 4.69) is 0 Å². The Kier molecular flexibility index (Phi) is 8.17. The summed E-state index contributed by atoms with van der Waals surface area (Å²) >= 11 is 0. The summed E-state index contributed by atoms with van der Waals surface area (Å²) in [5.74, 6) is -3.26. The van der Waals surface area contributed by atoms with Gasteiger partial charge >= 0.3 is 0 Å². The lowest BCUT2D eigenvalue weighted by atomic mass is 9.99. The second-order valence-electron chi connectivity index (χ2n) is 9.84. The number of phenols is 3. The fourth-order valence-corrected chi connectivity index (χ4v) is 4.59. The van der Waals surface area contributed by atoms with E-state index in [1.54, 1.807) is 0 Å². The molecule has 228 valence electrons. The van der Waals surface area contributed by atoms with Crippen LogP contribution in [0.5, 0.6) is 28.7 Å². The molecule has 2 fully saturated rings. The predicted molar refractivity (Wildman–Crippen MR) is 136 cm³/mol. The minimum absolute atomic E-state index is 0.00712. The summed E-state index contributed by atoms with van der Waals surface area (Å²) in [5, 5.41) is 101. The lowest BCUT2D eigenvalue weighted by Crippen LogP contribution is -2.61. The molecule has 0 unspecified atom stereocenters. The van der Waals surface area contributed by atoms with Crippen LogP contribution in [0.15, 0.2) is 39.5 Å². The number of fused-ring (bicyclic) bond motifs is 1. The number of ether oxygens (including phenoxy) is 4. The Bertz CT molecular complexity index is 1510. The van der Waals surface area contributed by atoms with E-state index in [4.69, 9.17) is 23.4 Å². The summed E-state index contributed by atoms with van der Waals surface area (Å²) in [6.07, 6.45) is -14.4. The SMILES string of the molecule is O=c1c(O)c(-c2ccc(O)c(O)c2)oc2cc(O[C@H]3O[C@@H](CO[C@@H]4OC[C@H](O)[C@H](O)[C@H]4O)[C@H](O)[C@H](O)[C@@H]3O)cc(O)c12. The monoisotopic (exact) mass is 596 g/mol. The first kappa shape index (κ1) is 29.8. The highest BCUT2D eigenvalue weighted by atomic mass is 16.7. The summed E-state index contributed by atoms with van der Waals surface area (Å²) in [4.78, 5) is 12.8. The van der Waals surface area contributed by atoms with Crippen LogP contribution in [0.25, 0.3) is 22.3 Å². The zero-order valence-corrected chi connectivity index (χ0v) is 21.4. The Morgan fingerprint density at radius 2 is 1.50 bits per heavy atom. The van der Waals surface area contributed by atoms with Gasteiger partial charge in [-0.1, -0.05) is 0 Å². The molecule has 16 heteroatoms. The fraction of sp³-hybridized carbons (Fsp3) is 0.423. The van der Waals surface area contributed by atoms with Crippen LogP contribution in [0, 0.1) is 0 Å². The first-order chi connectivity index (χ1) is 19.9. The lowest BCUT2D eigenvalue weighted by Gasteiger charge is -2.41.